The second-order valence-corrected chi connectivity index (χ2v) is 4.59. The average molecular weight is 257 g/mol. The van der Waals surface area contributed by atoms with Gasteiger partial charge in [0.1, 0.15) is 5.82 Å². The summed E-state index contributed by atoms with van der Waals surface area (Å²) in [6.07, 6.45) is 0.926. The zero-order chi connectivity index (χ0) is 12.5. The van der Waals surface area contributed by atoms with Gasteiger partial charge in [0.05, 0.1) is 6.61 Å². The molecule has 1 rings (SSSR count). The first kappa shape index (κ1) is 14.2. The largest absolute Gasteiger partial charge is 0.385 e. The van der Waals surface area contributed by atoms with Gasteiger partial charge in [0.2, 0.25) is 0 Å². The van der Waals surface area contributed by atoms with Gasteiger partial charge < -0.3 is 15.2 Å². The van der Waals surface area contributed by atoms with Gasteiger partial charge >= 0.3 is 0 Å². The van der Waals surface area contributed by atoms with Crippen molar-refractivity contribution in [3.63, 3.8) is 0 Å². The van der Waals surface area contributed by atoms with Crippen LogP contribution in [0, 0.1) is 6.92 Å². The van der Waals surface area contributed by atoms with Gasteiger partial charge in [-0.2, -0.15) is 0 Å². The number of nitrogens with zero attached hydrogens (tertiary/aromatic N) is 2. The van der Waals surface area contributed by atoms with Gasteiger partial charge in [-0.15, -0.1) is 0 Å². The lowest BCUT2D eigenvalue weighted by Gasteiger charge is -2.04. The van der Waals surface area contributed by atoms with E-state index in [0.717, 1.165) is 31.1 Å². The average Bonchev–Trinajstić information content (AvgIpc) is 2.26. The molecule has 0 aliphatic heterocycles. The van der Waals surface area contributed by atoms with Crippen LogP contribution >= 0.6 is 11.8 Å². The molecular weight excluding hydrogens is 238 g/mol. The number of nitrogen functional groups attached to an aromatic ring is 1. The molecule has 0 fully saturated rings. The van der Waals surface area contributed by atoms with Gasteiger partial charge in [0, 0.05) is 37.8 Å². The lowest BCUT2D eigenvalue weighted by molar-refractivity contribution is 0.113. The van der Waals surface area contributed by atoms with Crippen molar-refractivity contribution in [2.24, 2.45) is 0 Å². The Morgan fingerprint density at radius 3 is 2.82 bits per heavy atom. The molecule has 1 aromatic heterocycles. The maximum absolute atomic E-state index is 5.64. The fourth-order valence-corrected chi connectivity index (χ4v) is 1.99. The summed E-state index contributed by atoms with van der Waals surface area (Å²) in [6, 6.07) is 1.76. The highest BCUT2D eigenvalue weighted by atomic mass is 32.2. The Kier molecular flexibility index (Phi) is 6.91. The van der Waals surface area contributed by atoms with Gasteiger partial charge in [-0.05, 0) is 13.3 Å². The van der Waals surface area contributed by atoms with Gasteiger partial charge in [-0.25, -0.2) is 9.97 Å². The lowest BCUT2D eigenvalue weighted by atomic mass is 10.4. The van der Waals surface area contributed by atoms with E-state index in [1.54, 1.807) is 24.9 Å². The fourth-order valence-electron chi connectivity index (χ4n) is 1.23. The van der Waals surface area contributed by atoms with Gasteiger partial charge in [0.25, 0.3) is 0 Å². The first-order valence-corrected chi connectivity index (χ1v) is 6.51. The van der Waals surface area contributed by atoms with Crippen LogP contribution in [-0.4, -0.2) is 42.7 Å². The van der Waals surface area contributed by atoms with Crippen molar-refractivity contribution < 1.29 is 9.47 Å². The molecule has 0 radical (unpaired) electrons. The van der Waals surface area contributed by atoms with E-state index < -0.39 is 0 Å². The molecule has 0 bridgehead atoms. The normalized spacial score (nSPS) is 10.7. The molecule has 2 N–H and O–H groups in total. The van der Waals surface area contributed by atoms with Crippen LogP contribution in [0.15, 0.2) is 11.2 Å². The molecule has 0 aliphatic rings. The van der Waals surface area contributed by atoms with Crippen molar-refractivity contribution in [1.82, 2.24) is 9.97 Å². The minimum atomic E-state index is 0.515. The van der Waals surface area contributed by atoms with Crippen molar-refractivity contribution in [2.45, 2.75) is 18.5 Å². The van der Waals surface area contributed by atoms with E-state index in [1.807, 2.05) is 6.92 Å². The third-order valence-corrected chi connectivity index (χ3v) is 2.76. The Balaban J connectivity index is 2.13. The Morgan fingerprint density at radius 2 is 2.12 bits per heavy atom. The van der Waals surface area contributed by atoms with E-state index in [0.29, 0.717) is 17.6 Å². The van der Waals surface area contributed by atoms with Gasteiger partial charge in [0.15, 0.2) is 5.16 Å². The predicted molar refractivity (Wildman–Crippen MR) is 69.2 cm³/mol. The molecule has 1 heterocycles. The van der Waals surface area contributed by atoms with E-state index in [-0.39, 0.29) is 0 Å². The molecule has 5 nitrogen and oxygen atoms in total. The van der Waals surface area contributed by atoms with Crippen LogP contribution in [0.5, 0.6) is 0 Å². The number of aryl methyl sites for hydroxylation is 1. The summed E-state index contributed by atoms with van der Waals surface area (Å²) in [5.74, 6) is 1.34. The molecule has 0 unspecified atom stereocenters. The first-order valence-electron chi connectivity index (χ1n) is 5.53. The minimum Gasteiger partial charge on any atom is -0.385 e. The second kappa shape index (κ2) is 8.27. The van der Waals surface area contributed by atoms with E-state index in [4.69, 9.17) is 15.2 Å². The summed E-state index contributed by atoms with van der Waals surface area (Å²) in [6.45, 7) is 4.06. The zero-order valence-electron chi connectivity index (χ0n) is 10.3. The van der Waals surface area contributed by atoms with Crippen LogP contribution in [0.2, 0.25) is 0 Å². The van der Waals surface area contributed by atoms with Crippen LogP contribution in [0.4, 0.5) is 5.82 Å². The molecule has 0 spiro atoms. The number of ether oxygens (including phenoxy) is 2. The number of methoxy groups -OCH3 is 1. The first-order chi connectivity index (χ1) is 8.22. The van der Waals surface area contributed by atoms with Crippen molar-refractivity contribution in [3.8, 4) is 0 Å². The van der Waals surface area contributed by atoms with Crippen molar-refractivity contribution in [1.29, 1.82) is 0 Å². The zero-order valence-corrected chi connectivity index (χ0v) is 11.1. The highest BCUT2D eigenvalue weighted by Gasteiger charge is 2.00. The molecule has 0 aliphatic carbocycles. The van der Waals surface area contributed by atoms with E-state index >= 15 is 0 Å². The third kappa shape index (κ3) is 6.45. The third-order valence-electron chi connectivity index (χ3n) is 1.95. The molecule has 6 heteroatoms. The topological polar surface area (TPSA) is 70.3 Å². The summed E-state index contributed by atoms with van der Waals surface area (Å²) in [5, 5.41) is 0.711. The summed E-state index contributed by atoms with van der Waals surface area (Å²) < 4.78 is 10.4. The molecule has 17 heavy (non-hydrogen) atoms. The molecule has 1 aromatic rings. The van der Waals surface area contributed by atoms with Crippen LogP contribution in [-0.2, 0) is 9.47 Å². The number of hydrogen-bond donors (Lipinski definition) is 1. The summed E-state index contributed by atoms with van der Waals surface area (Å²) >= 11 is 1.55. The quantitative estimate of drug-likeness (QED) is 0.432. The number of hydrogen-bond acceptors (Lipinski definition) is 6. The number of aromatic nitrogens is 2. The Labute approximate surface area is 106 Å². The lowest BCUT2D eigenvalue weighted by Crippen LogP contribution is -2.03. The summed E-state index contributed by atoms with van der Waals surface area (Å²) in [7, 11) is 1.69. The predicted octanol–water partition coefficient (Wildman–Crippen LogP) is 1.51. The van der Waals surface area contributed by atoms with Crippen LogP contribution < -0.4 is 5.73 Å². The number of thioether (sulfide) groups is 1. The van der Waals surface area contributed by atoms with Crippen molar-refractivity contribution in [2.75, 3.05) is 38.4 Å². The molecule has 0 atom stereocenters. The molecule has 0 aromatic carbocycles. The molecule has 0 amide bonds. The van der Waals surface area contributed by atoms with Crippen LogP contribution in [0.1, 0.15) is 12.1 Å². The number of anilines is 1. The number of rotatable bonds is 8. The second-order valence-electron chi connectivity index (χ2n) is 3.52. The Bertz CT molecular complexity index is 316. The maximum Gasteiger partial charge on any atom is 0.189 e. The smallest absolute Gasteiger partial charge is 0.189 e. The van der Waals surface area contributed by atoms with Gasteiger partial charge in [-0.1, -0.05) is 11.8 Å². The molecular formula is C11H19N3O2S. The Morgan fingerprint density at radius 1 is 1.29 bits per heavy atom. The van der Waals surface area contributed by atoms with Crippen molar-refractivity contribution >= 4 is 17.6 Å². The fraction of sp³-hybridized carbons (Fsp3) is 0.636. The van der Waals surface area contributed by atoms with Crippen LogP contribution in [0.25, 0.3) is 0 Å². The van der Waals surface area contributed by atoms with E-state index in [9.17, 15) is 0 Å². The van der Waals surface area contributed by atoms with E-state index in [2.05, 4.69) is 9.97 Å². The highest BCUT2D eigenvalue weighted by molar-refractivity contribution is 7.99. The molecule has 0 saturated carbocycles. The summed E-state index contributed by atoms with van der Waals surface area (Å²) in [4.78, 5) is 8.41. The molecule has 0 saturated heterocycles. The van der Waals surface area contributed by atoms with E-state index in [1.165, 1.54) is 0 Å². The summed E-state index contributed by atoms with van der Waals surface area (Å²) in [5.41, 5.74) is 6.52. The highest BCUT2D eigenvalue weighted by Crippen LogP contribution is 2.14. The van der Waals surface area contributed by atoms with Crippen molar-refractivity contribution in [3.05, 3.63) is 11.8 Å². The minimum absolute atomic E-state index is 0.515. The molecule has 96 valence electrons. The Hall–Kier alpha value is -0.850. The monoisotopic (exact) mass is 257 g/mol. The maximum atomic E-state index is 5.64. The van der Waals surface area contributed by atoms with Crippen LogP contribution in [0.3, 0.4) is 0 Å². The SMILES string of the molecule is COCCCOCCSc1nc(C)cc(N)n1. The van der Waals surface area contributed by atoms with Gasteiger partial charge in [-0.3, -0.25) is 0 Å². The standard InChI is InChI=1S/C11H19N3O2S/c1-9-8-10(12)14-11(13-9)17-7-6-16-5-3-4-15-2/h8H,3-7H2,1-2H3,(H2,12,13,14). The number of nitrogens with two attached hydrogens (primary N) is 1.